The predicted octanol–water partition coefficient (Wildman–Crippen LogP) is 3.05. The summed E-state index contributed by atoms with van der Waals surface area (Å²) in [7, 11) is 0. The Morgan fingerprint density at radius 3 is 2.62 bits per heavy atom. The topological polar surface area (TPSA) is 29.9 Å². The van der Waals surface area contributed by atoms with E-state index in [9.17, 15) is 0 Å². The Balaban J connectivity index is 2.65. The minimum atomic E-state index is 0.511. The van der Waals surface area contributed by atoms with Crippen LogP contribution in [-0.2, 0) is 6.54 Å². The van der Waals surface area contributed by atoms with Gasteiger partial charge in [-0.25, -0.2) is 0 Å². The molecule has 0 bridgehead atoms. The summed E-state index contributed by atoms with van der Waals surface area (Å²) in [6, 6.07) is 1.03. The maximum atomic E-state index is 4.58. The second-order valence-corrected chi connectivity index (χ2v) is 4.89. The molecule has 0 aliphatic heterocycles. The molecular formula is C13H25N3. The summed E-state index contributed by atoms with van der Waals surface area (Å²) in [4.78, 5) is 0. The largest absolute Gasteiger partial charge is 0.310 e. The van der Waals surface area contributed by atoms with E-state index in [1.807, 2.05) is 0 Å². The van der Waals surface area contributed by atoms with E-state index in [0.717, 1.165) is 12.2 Å². The first-order valence-corrected chi connectivity index (χ1v) is 6.32. The van der Waals surface area contributed by atoms with Crippen LogP contribution in [-0.4, -0.2) is 15.8 Å². The Hall–Kier alpha value is -0.830. The summed E-state index contributed by atoms with van der Waals surface area (Å²) < 4.78 is 2.11. The Morgan fingerprint density at radius 2 is 2.06 bits per heavy atom. The zero-order valence-corrected chi connectivity index (χ0v) is 11.2. The van der Waals surface area contributed by atoms with Gasteiger partial charge in [-0.15, -0.1) is 0 Å². The molecule has 3 nitrogen and oxygen atoms in total. The molecule has 1 aromatic rings. The number of hydrogen-bond donors (Lipinski definition) is 1. The van der Waals surface area contributed by atoms with Crippen LogP contribution in [0.5, 0.6) is 0 Å². The molecule has 1 rings (SSSR count). The molecule has 0 spiro atoms. The minimum absolute atomic E-state index is 0.511. The summed E-state index contributed by atoms with van der Waals surface area (Å²) in [5, 5.41) is 8.02. The van der Waals surface area contributed by atoms with Crippen molar-refractivity contribution in [1.82, 2.24) is 15.1 Å². The van der Waals surface area contributed by atoms with Crippen LogP contribution >= 0.6 is 0 Å². The van der Waals surface area contributed by atoms with Gasteiger partial charge in [-0.3, -0.25) is 4.68 Å². The summed E-state index contributed by atoms with van der Waals surface area (Å²) in [5.74, 6) is 0. The molecule has 3 heteroatoms. The van der Waals surface area contributed by atoms with Crippen molar-refractivity contribution in [3.05, 3.63) is 17.5 Å². The van der Waals surface area contributed by atoms with E-state index in [1.54, 1.807) is 0 Å². The van der Waals surface area contributed by atoms with Crippen LogP contribution in [0, 0.1) is 6.92 Å². The summed E-state index contributed by atoms with van der Waals surface area (Å²) in [5.41, 5.74) is 2.47. The molecule has 0 aliphatic rings. The van der Waals surface area contributed by atoms with E-state index in [-0.39, 0.29) is 0 Å². The fourth-order valence-corrected chi connectivity index (χ4v) is 1.78. The van der Waals surface area contributed by atoms with Gasteiger partial charge in [0.05, 0.1) is 5.69 Å². The molecule has 0 fully saturated rings. The summed E-state index contributed by atoms with van der Waals surface area (Å²) in [6.07, 6.45) is 4.59. The molecule has 1 N–H and O–H groups in total. The molecule has 0 radical (unpaired) electrons. The van der Waals surface area contributed by atoms with E-state index >= 15 is 0 Å². The Morgan fingerprint density at radius 1 is 1.38 bits per heavy atom. The van der Waals surface area contributed by atoms with Crippen LogP contribution in [0.1, 0.15) is 57.8 Å². The van der Waals surface area contributed by atoms with Gasteiger partial charge < -0.3 is 5.32 Å². The lowest BCUT2D eigenvalue weighted by atomic mass is 10.2. The van der Waals surface area contributed by atoms with Gasteiger partial charge >= 0.3 is 0 Å². The Bertz CT molecular complexity index is 315. The van der Waals surface area contributed by atoms with Gasteiger partial charge in [0.2, 0.25) is 0 Å². The van der Waals surface area contributed by atoms with Gasteiger partial charge in [0, 0.05) is 30.4 Å². The first-order chi connectivity index (χ1) is 7.54. The average molecular weight is 223 g/mol. The fraction of sp³-hybridized carbons (Fsp3) is 0.769. The number of nitrogens with zero attached hydrogens (tertiary/aromatic N) is 2. The van der Waals surface area contributed by atoms with E-state index < -0.39 is 0 Å². The third-order valence-corrected chi connectivity index (χ3v) is 2.88. The molecule has 1 unspecified atom stereocenters. The van der Waals surface area contributed by atoms with E-state index in [4.69, 9.17) is 0 Å². The van der Waals surface area contributed by atoms with E-state index in [1.165, 1.54) is 18.4 Å². The van der Waals surface area contributed by atoms with Crippen molar-refractivity contribution in [3.63, 3.8) is 0 Å². The lowest BCUT2D eigenvalue weighted by Crippen LogP contribution is -2.21. The van der Waals surface area contributed by atoms with Crippen molar-refractivity contribution in [2.45, 2.75) is 66.1 Å². The molecule has 1 heterocycles. The van der Waals surface area contributed by atoms with E-state index in [0.29, 0.717) is 12.1 Å². The number of rotatable bonds is 6. The lowest BCUT2D eigenvalue weighted by Gasteiger charge is -2.10. The predicted molar refractivity (Wildman–Crippen MR) is 68.6 cm³/mol. The monoisotopic (exact) mass is 223 g/mol. The van der Waals surface area contributed by atoms with Crippen LogP contribution in [0.25, 0.3) is 0 Å². The minimum Gasteiger partial charge on any atom is -0.310 e. The van der Waals surface area contributed by atoms with Gasteiger partial charge in [-0.2, -0.15) is 5.10 Å². The second kappa shape index (κ2) is 6.04. The lowest BCUT2D eigenvalue weighted by molar-refractivity contribution is 0.452. The smallest absolute Gasteiger partial charge is 0.0638 e. The molecule has 92 valence electrons. The standard InChI is InChI=1S/C13H25N3/c1-6-7-11(4)16-9-13(12(5)15-16)8-14-10(2)3/h9-11,14H,6-8H2,1-5H3. The first kappa shape index (κ1) is 13.2. The van der Waals surface area contributed by atoms with Gasteiger partial charge in [0.1, 0.15) is 0 Å². The highest BCUT2D eigenvalue weighted by Gasteiger charge is 2.09. The Kier molecular flexibility index (Phi) is 5.00. The van der Waals surface area contributed by atoms with Crippen LogP contribution in [0.2, 0.25) is 0 Å². The zero-order valence-electron chi connectivity index (χ0n) is 11.2. The highest BCUT2D eigenvalue weighted by molar-refractivity contribution is 5.15. The summed E-state index contributed by atoms with van der Waals surface area (Å²) in [6.45, 7) is 11.8. The molecule has 0 amide bonds. The van der Waals surface area contributed by atoms with Crippen LogP contribution in [0.3, 0.4) is 0 Å². The first-order valence-electron chi connectivity index (χ1n) is 6.32. The van der Waals surface area contributed by atoms with Gasteiger partial charge in [-0.1, -0.05) is 27.2 Å². The molecule has 0 saturated carbocycles. The zero-order chi connectivity index (χ0) is 12.1. The maximum Gasteiger partial charge on any atom is 0.0638 e. The average Bonchev–Trinajstić information content (AvgIpc) is 2.57. The molecule has 16 heavy (non-hydrogen) atoms. The third kappa shape index (κ3) is 3.63. The Labute approximate surface area is 99.2 Å². The number of aryl methyl sites for hydroxylation is 1. The van der Waals surface area contributed by atoms with Crippen LogP contribution in [0.4, 0.5) is 0 Å². The van der Waals surface area contributed by atoms with Crippen molar-refractivity contribution in [2.24, 2.45) is 0 Å². The van der Waals surface area contributed by atoms with Crippen molar-refractivity contribution in [1.29, 1.82) is 0 Å². The molecule has 1 atom stereocenters. The molecule has 0 aliphatic carbocycles. The number of nitrogens with one attached hydrogen (secondary N) is 1. The third-order valence-electron chi connectivity index (χ3n) is 2.88. The molecule has 0 aromatic carbocycles. The fourth-order valence-electron chi connectivity index (χ4n) is 1.78. The highest BCUT2D eigenvalue weighted by atomic mass is 15.3. The van der Waals surface area contributed by atoms with Crippen molar-refractivity contribution < 1.29 is 0 Å². The van der Waals surface area contributed by atoms with Gasteiger partial charge in [0.25, 0.3) is 0 Å². The quantitative estimate of drug-likeness (QED) is 0.803. The van der Waals surface area contributed by atoms with Gasteiger partial charge in [0.15, 0.2) is 0 Å². The maximum absolute atomic E-state index is 4.58. The van der Waals surface area contributed by atoms with Crippen LogP contribution in [0.15, 0.2) is 6.20 Å². The number of aromatic nitrogens is 2. The SMILES string of the molecule is CCCC(C)n1cc(CNC(C)C)c(C)n1. The van der Waals surface area contributed by atoms with Crippen LogP contribution < -0.4 is 5.32 Å². The molecule has 0 saturated heterocycles. The highest BCUT2D eigenvalue weighted by Crippen LogP contribution is 2.15. The molecular weight excluding hydrogens is 198 g/mol. The van der Waals surface area contributed by atoms with Crippen molar-refractivity contribution in [3.8, 4) is 0 Å². The summed E-state index contributed by atoms with van der Waals surface area (Å²) >= 11 is 0. The van der Waals surface area contributed by atoms with Crippen molar-refractivity contribution >= 4 is 0 Å². The normalized spacial score (nSPS) is 13.4. The van der Waals surface area contributed by atoms with Gasteiger partial charge in [-0.05, 0) is 20.3 Å². The van der Waals surface area contributed by atoms with Crippen molar-refractivity contribution in [2.75, 3.05) is 0 Å². The number of hydrogen-bond acceptors (Lipinski definition) is 2. The second-order valence-electron chi connectivity index (χ2n) is 4.89. The van der Waals surface area contributed by atoms with E-state index in [2.05, 4.69) is 55.9 Å². The molecule has 1 aromatic heterocycles.